The van der Waals surface area contributed by atoms with Crippen LogP contribution in [0.4, 0.5) is 0 Å². The largest absolute Gasteiger partial charge is 0.490 e. The average molecular weight is 1000 g/mol. The zero-order valence-electron chi connectivity index (χ0n) is 46.8. The fraction of sp³-hybridized carbons (Fsp3) is 0.703. The van der Waals surface area contributed by atoms with Crippen LogP contribution in [0, 0.1) is 0 Å². The van der Waals surface area contributed by atoms with Gasteiger partial charge in [0.1, 0.15) is 0 Å². The van der Waals surface area contributed by atoms with Crippen LogP contribution in [0.25, 0.3) is 32.3 Å². The first kappa shape index (κ1) is 60.5. The average Bonchev–Trinajstić information content (AvgIpc) is 3.39. The fourth-order valence-electron chi connectivity index (χ4n) is 9.52. The van der Waals surface area contributed by atoms with E-state index < -0.39 is 0 Å². The number of carbonyl (C=O) groups is 1. The van der Waals surface area contributed by atoms with Gasteiger partial charge in [-0.2, -0.15) is 0 Å². The molecule has 4 aromatic rings. The first-order valence-corrected chi connectivity index (χ1v) is 30.0. The van der Waals surface area contributed by atoms with E-state index in [-0.39, 0.29) is 12.6 Å². The highest BCUT2D eigenvalue weighted by atomic mass is 16.6. The summed E-state index contributed by atoms with van der Waals surface area (Å²) in [4.78, 5) is 13.0. The lowest BCUT2D eigenvalue weighted by Crippen LogP contribution is -2.16. The van der Waals surface area contributed by atoms with Gasteiger partial charge in [-0.05, 0) is 107 Å². The van der Waals surface area contributed by atoms with Crippen molar-refractivity contribution < 1.29 is 38.0 Å². The van der Waals surface area contributed by atoms with Crippen molar-refractivity contribution in [2.75, 3.05) is 46.2 Å². The predicted molar refractivity (Wildman–Crippen MR) is 305 cm³/mol. The summed E-state index contributed by atoms with van der Waals surface area (Å²) >= 11 is 0. The van der Waals surface area contributed by atoms with Crippen molar-refractivity contribution in [2.45, 2.75) is 247 Å². The van der Waals surface area contributed by atoms with Gasteiger partial charge >= 0.3 is 5.97 Å². The lowest BCUT2D eigenvalue weighted by atomic mass is 9.93. The third-order valence-electron chi connectivity index (χ3n) is 14.0. The monoisotopic (exact) mass is 999 g/mol. The Balaban J connectivity index is 1.90. The van der Waals surface area contributed by atoms with Crippen LogP contribution in [0.5, 0.6) is 34.5 Å². The zero-order chi connectivity index (χ0) is 51.3. The van der Waals surface area contributed by atoms with E-state index in [1.807, 2.05) is 0 Å². The first-order valence-electron chi connectivity index (χ1n) is 30.0. The van der Waals surface area contributed by atoms with E-state index in [2.05, 4.69) is 77.9 Å². The Morgan fingerprint density at radius 1 is 0.264 bits per heavy atom. The topological polar surface area (TPSA) is 81.7 Å². The summed E-state index contributed by atoms with van der Waals surface area (Å²) in [6, 6.07) is 13.0. The molecule has 0 atom stereocenters. The maximum absolute atomic E-state index is 13.0. The number of benzene rings is 4. The molecule has 72 heavy (non-hydrogen) atoms. The fourth-order valence-corrected chi connectivity index (χ4v) is 9.52. The molecule has 0 unspecified atom stereocenters. The summed E-state index contributed by atoms with van der Waals surface area (Å²) in [5.74, 6) is 3.84. The predicted octanol–water partition coefficient (Wildman–Crippen LogP) is 19.6. The number of unbranched alkanes of at least 4 members (excludes halogenated alkanes) is 26. The summed E-state index contributed by atoms with van der Waals surface area (Å²) in [6.07, 6.45) is 37.3. The molecule has 0 aliphatic rings. The molecule has 4 aromatic carbocycles. The van der Waals surface area contributed by atoms with Crippen LogP contribution in [0.15, 0.2) is 36.4 Å². The molecule has 0 aromatic heterocycles. The van der Waals surface area contributed by atoms with Crippen LogP contribution in [0.1, 0.15) is 247 Å². The molecule has 0 N–H and O–H groups in total. The molecule has 0 amide bonds. The summed E-state index contributed by atoms with van der Waals surface area (Å²) in [7, 11) is 0. The molecule has 0 aliphatic heterocycles. The van der Waals surface area contributed by atoms with E-state index in [0.29, 0.717) is 51.1 Å². The summed E-state index contributed by atoms with van der Waals surface area (Å²) in [5, 5.41) is 6.16. The van der Waals surface area contributed by atoms with Crippen LogP contribution >= 0.6 is 0 Å². The molecule has 0 saturated carbocycles. The van der Waals surface area contributed by atoms with Gasteiger partial charge in [0.2, 0.25) is 0 Å². The number of hydrogen-bond donors (Lipinski definition) is 0. The Bertz CT molecular complexity index is 1990. The Morgan fingerprint density at radius 3 is 0.708 bits per heavy atom. The smallest absolute Gasteiger partial charge is 0.344 e. The molecule has 406 valence electrons. The second-order valence-corrected chi connectivity index (χ2v) is 20.5. The lowest BCUT2D eigenvalue weighted by molar-refractivity contribution is -0.146. The molecule has 4 rings (SSSR count). The highest BCUT2D eigenvalue weighted by molar-refractivity contribution is 6.26. The Hall–Kier alpha value is -4.07. The molecule has 0 fully saturated rings. The van der Waals surface area contributed by atoms with Gasteiger partial charge in [-0.3, -0.25) is 0 Å². The maximum Gasteiger partial charge on any atom is 0.344 e. The van der Waals surface area contributed by atoms with Gasteiger partial charge in [0.05, 0.1) is 39.6 Å². The Morgan fingerprint density at radius 2 is 0.472 bits per heavy atom. The minimum atomic E-state index is -0.382. The molecule has 8 heteroatoms. The number of fused-ring (bicyclic) bond motifs is 6. The number of rotatable bonds is 46. The van der Waals surface area contributed by atoms with Crippen molar-refractivity contribution >= 4 is 38.3 Å². The van der Waals surface area contributed by atoms with Gasteiger partial charge in [0, 0.05) is 0 Å². The van der Waals surface area contributed by atoms with Crippen LogP contribution < -0.4 is 28.4 Å². The quantitative estimate of drug-likeness (QED) is 0.0246. The summed E-state index contributed by atoms with van der Waals surface area (Å²) in [5.41, 5.74) is 0. The Kier molecular flexibility index (Phi) is 32.3. The van der Waals surface area contributed by atoms with Crippen LogP contribution in [-0.4, -0.2) is 52.2 Å². The van der Waals surface area contributed by atoms with Crippen molar-refractivity contribution in [1.29, 1.82) is 0 Å². The molecule has 0 heterocycles. The van der Waals surface area contributed by atoms with E-state index in [4.69, 9.17) is 33.2 Å². The highest BCUT2D eigenvalue weighted by Crippen LogP contribution is 2.47. The number of carbonyl (C=O) groups excluding carboxylic acids is 1. The second-order valence-electron chi connectivity index (χ2n) is 20.5. The third-order valence-corrected chi connectivity index (χ3v) is 14.0. The number of esters is 1. The van der Waals surface area contributed by atoms with E-state index in [1.165, 1.54) is 128 Å². The molecule has 8 nitrogen and oxygen atoms in total. The van der Waals surface area contributed by atoms with Crippen LogP contribution in [0.2, 0.25) is 0 Å². The van der Waals surface area contributed by atoms with Crippen molar-refractivity contribution in [2.24, 2.45) is 0 Å². The summed E-state index contributed by atoms with van der Waals surface area (Å²) < 4.78 is 45.7. The van der Waals surface area contributed by atoms with Crippen molar-refractivity contribution in [3.8, 4) is 34.5 Å². The molecule has 0 aliphatic carbocycles. The van der Waals surface area contributed by atoms with Gasteiger partial charge in [-0.1, -0.05) is 208 Å². The SMILES string of the molecule is CCCCCCCCOc1cc2c3cc(OCCCCCCCC)c(OCCCCCCCC)cc3c3cc(OCC(=O)OCCCC)c(OCCCCCCCC)cc3c2cc1OCCCCCCCC. The minimum Gasteiger partial charge on any atom is -0.490 e. The lowest BCUT2D eigenvalue weighted by Gasteiger charge is -2.21. The normalized spacial score (nSPS) is 11.5. The second kappa shape index (κ2) is 38.5. The van der Waals surface area contributed by atoms with Crippen molar-refractivity contribution in [1.82, 2.24) is 0 Å². The van der Waals surface area contributed by atoms with Gasteiger partial charge in [-0.25, -0.2) is 4.79 Å². The molecule has 0 bridgehead atoms. The number of hydrogen-bond acceptors (Lipinski definition) is 8. The third kappa shape index (κ3) is 22.6. The molecular weight excluding hydrogens is 897 g/mol. The minimum absolute atomic E-state index is 0.201. The van der Waals surface area contributed by atoms with Crippen molar-refractivity contribution in [3.63, 3.8) is 0 Å². The van der Waals surface area contributed by atoms with E-state index in [1.54, 1.807) is 0 Å². The van der Waals surface area contributed by atoms with Gasteiger partial charge in [-0.15, -0.1) is 0 Å². The highest BCUT2D eigenvalue weighted by Gasteiger charge is 2.21. The molecule has 0 radical (unpaired) electrons. The van der Waals surface area contributed by atoms with Crippen molar-refractivity contribution in [3.05, 3.63) is 36.4 Å². The first-order chi connectivity index (χ1) is 35.5. The zero-order valence-corrected chi connectivity index (χ0v) is 46.8. The van der Waals surface area contributed by atoms with Gasteiger partial charge < -0.3 is 33.2 Å². The molecule has 0 spiro atoms. The van der Waals surface area contributed by atoms with Gasteiger partial charge in [0.25, 0.3) is 0 Å². The van der Waals surface area contributed by atoms with E-state index in [9.17, 15) is 4.79 Å². The van der Waals surface area contributed by atoms with E-state index >= 15 is 0 Å². The number of ether oxygens (including phenoxy) is 7. The van der Waals surface area contributed by atoms with Crippen LogP contribution in [-0.2, 0) is 9.53 Å². The van der Waals surface area contributed by atoms with Gasteiger partial charge in [0.15, 0.2) is 41.1 Å². The van der Waals surface area contributed by atoms with Crippen LogP contribution in [0.3, 0.4) is 0 Å². The molecular formula is C64H102O8. The standard InChI is InChI=1S/C64H102O8/c1-7-13-19-24-29-34-40-66-58-45-52-53-46-59(67-41-35-30-25-20-14-8-2)61(69-43-37-32-27-22-16-10-4)48-55(53)57-50-63(72-51-64(65)71-39-18-12-6)62(70-44-38-33-28-23-17-11-5)49-56(57)54(52)47-60(58)68-42-36-31-26-21-15-9-3/h45-50H,7-44,51H2,1-6H3. The summed E-state index contributed by atoms with van der Waals surface area (Å²) in [6.45, 7) is 16.7. The maximum atomic E-state index is 13.0. The molecule has 0 saturated heterocycles. The Labute approximate surface area is 438 Å². The van der Waals surface area contributed by atoms with E-state index in [0.717, 1.165) is 132 Å².